The first kappa shape index (κ1) is 16.7. The van der Waals surface area contributed by atoms with Crippen molar-refractivity contribution in [3.63, 3.8) is 0 Å². The molecule has 0 radical (unpaired) electrons. The van der Waals surface area contributed by atoms with E-state index in [0.717, 1.165) is 23.2 Å². The van der Waals surface area contributed by atoms with Crippen LogP contribution >= 0.6 is 15.9 Å². The molecule has 1 aromatic rings. The van der Waals surface area contributed by atoms with Crippen LogP contribution in [0.2, 0.25) is 0 Å². The van der Waals surface area contributed by atoms with Gasteiger partial charge >= 0.3 is 0 Å². The van der Waals surface area contributed by atoms with Crippen LogP contribution in [0.15, 0.2) is 22.7 Å². The fourth-order valence-corrected chi connectivity index (χ4v) is 2.87. The molecule has 0 bridgehead atoms. The molecule has 0 spiro atoms. The number of morpholine rings is 1. The molecule has 1 atom stereocenters. The van der Waals surface area contributed by atoms with Crippen LogP contribution < -0.4 is 10.2 Å². The van der Waals surface area contributed by atoms with Crippen molar-refractivity contribution < 1.29 is 9.84 Å². The quantitative estimate of drug-likeness (QED) is 0.869. The summed E-state index contributed by atoms with van der Waals surface area (Å²) in [5.41, 5.74) is 2.47. The summed E-state index contributed by atoms with van der Waals surface area (Å²) in [6, 6.07) is 6.44. The highest BCUT2D eigenvalue weighted by atomic mass is 79.9. The first-order valence-corrected chi connectivity index (χ1v) is 8.19. The van der Waals surface area contributed by atoms with Gasteiger partial charge in [-0.15, -0.1) is 0 Å². The van der Waals surface area contributed by atoms with Crippen LogP contribution in [0.3, 0.4) is 0 Å². The largest absolute Gasteiger partial charge is 0.394 e. The first-order valence-electron chi connectivity index (χ1n) is 7.39. The Kier molecular flexibility index (Phi) is 5.66. The molecule has 0 aliphatic carbocycles. The van der Waals surface area contributed by atoms with Gasteiger partial charge in [-0.25, -0.2) is 0 Å². The lowest BCUT2D eigenvalue weighted by molar-refractivity contribution is 0.0727. The van der Waals surface area contributed by atoms with E-state index in [1.165, 1.54) is 5.56 Å². The second-order valence-electron chi connectivity index (χ2n) is 6.48. The maximum Gasteiger partial charge on any atom is 0.0755 e. The molecule has 1 saturated heterocycles. The Hall–Kier alpha value is -0.620. The minimum atomic E-state index is 0.0456. The van der Waals surface area contributed by atoms with Crippen molar-refractivity contribution in [2.45, 2.75) is 38.9 Å². The van der Waals surface area contributed by atoms with Gasteiger partial charge < -0.3 is 20.1 Å². The van der Waals surface area contributed by atoms with Gasteiger partial charge in [0.2, 0.25) is 0 Å². The van der Waals surface area contributed by atoms with Gasteiger partial charge in [-0.1, -0.05) is 22.0 Å². The molecule has 4 nitrogen and oxygen atoms in total. The lowest BCUT2D eigenvalue weighted by atomic mass is 10.1. The molecule has 2 rings (SSSR count). The molecule has 0 amide bonds. The zero-order valence-electron chi connectivity index (χ0n) is 13.0. The number of hydrogen-bond donors (Lipinski definition) is 2. The second kappa shape index (κ2) is 7.09. The van der Waals surface area contributed by atoms with Crippen molar-refractivity contribution in [1.29, 1.82) is 0 Å². The standard InChI is InChI=1S/C16H25BrN2O2/c1-16(2,3)18-9-12-4-5-13(8-15(12)17)19-6-7-21-11-14(19)10-20/h4-5,8,14,18,20H,6-7,9-11H2,1-3H3. The molecule has 1 aliphatic rings. The van der Waals surface area contributed by atoms with Gasteiger partial charge in [0, 0.05) is 28.8 Å². The lowest BCUT2D eigenvalue weighted by Crippen LogP contribution is -2.47. The molecule has 1 fully saturated rings. The third-order valence-electron chi connectivity index (χ3n) is 3.62. The topological polar surface area (TPSA) is 44.7 Å². The number of rotatable bonds is 4. The van der Waals surface area contributed by atoms with E-state index in [1.807, 2.05) is 0 Å². The summed E-state index contributed by atoms with van der Waals surface area (Å²) in [7, 11) is 0. The minimum absolute atomic E-state index is 0.0456. The van der Waals surface area contributed by atoms with Crippen LogP contribution in [-0.2, 0) is 11.3 Å². The summed E-state index contributed by atoms with van der Waals surface area (Å²) in [5, 5.41) is 13.0. The van der Waals surface area contributed by atoms with Gasteiger partial charge in [0.15, 0.2) is 0 Å². The highest BCUT2D eigenvalue weighted by Gasteiger charge is 2.23. The molecule has 21 heavy (non-hydrogen) atoms. The maximum absolute atomic E-state index is 9.48. The van der Waals surface area contributed by atoms with E-state index in [-0.39, 0.29) is 18.2 Å². The molecule has 1 aliphatic heterocycles. The Bertz CT molecular complexity index is 474. The number of nitrogens with zero attached hydrogens (tertiary/aromatic N) is 1. The molecule has 0 aromatic heterocycles. The fourth-order valence-electron chi connectivity index (χ4n) is 2.36. The number of benzene rings is 1. The van der Waals surface area contributed by atoms with Gasteiger partial charge in [0.25, 0.3) is 0 Å². The summed E-state index contributed by atoms with van der Waals surface area (Å²) in [5.74, 6) is 0. The minimum Gasteiger partial charge on any atom is -0.394 e. The number of aliphatic hydroxyl groups excluding tert-OH is 1. The Morgan fingerprint density at radius 3 is 2.81 bits per heavy atom. The third kappa shape index (κ3) is 4.68. The van der Waals surface area contributed by atoms with Crippen LogP contribution in [-0.4, -0.2) is 43.1 Å². The molecule has 0 saturated carbocycles. The van der Waals surface area contributed by atoms with E-state index in [1.54, 1.807) is 0 Å². The van der Waals surface area contributed by atoms with Crippen LogP contribution in [0.4, 0.5) is 5.69 Å². The summed E-state index contributed by atoms with van der Waals surface area (Å²) >= 11 is 3.66. The van der Waals surface area contributed by atoms with Gasteiger partial charge in [0.05, 0.1) is 25.9 Å². The van der Waals surface area contributed by atoms with E-state index < -0.39 is 0 Å². The van der Waals surface area contributed by atoms with Crippen molar-refractivity contribution in [3.05, 3.63) is 28.2 Å². The Morgan fingerprint density at radius 1 is 1.43 bits per heavy atom. The summed E-state index contributed by atoms with van der Waals surface area (Å²) in [6.45, 7) is 9.54. The van der Waals surface area contributed by atoms with Crippen molar-refractivity contribution in [2.75, 3.05) is 31.3 Å². The Morgan fingerprint density at radius 2 is 2.19 bits per heavy atom. The van der Waals surface area contributed by atoms with Crippen molar-refractivity contribution in [3.8, 4) is 0 Å². The molecule has 1 aromatic carbocycles. The second-order valence-corrected chi connectivity index (χ2v) is 7.34. The molecule has 1 unspecified atom stereocenters. The van der Waals surface area contributed by atoms with Crippen molar-refractivity contribution >= 4 is 21.6 Å². The van der Waals surface area contributed by atoms with Crippen molar-refractivity contribution in [2.24, 2.45) is 0 Å². The van der Waals surface area contributed by atoms with E-state index in [2.05, 4.69) is 65.1 Å². The molecule has 5 heteroatoms. The van der Waals surface area contributed by atoms with E-state index in [4.69, 9.17) is 4.74 Å². The Balaban J connectivity index is 2.10. The summed E-state index contributed by atoms with van der Waals surface area (Å²) < 4.78 is 6.53. The van der Waals surface area contributed by atoms with Crippen LogP contribution in [0.5, 0.6) is 0 Å². The average molecular weight is 357 g/mol. The average Bonchev–Trinajstić information content (AvgIpc) is 2.45. The highest BCUT2D eigenvalue weighted by molar-refractivity contribution is 9.10. The van der Waals surface area contributed by atoms with Crippen LogP contribution in [0.25, 0.3) is 0 Å². The van der Waals surface area contributed by atoms with Crippen LogP contribution in [0.1, 0.15) is 26.3 Å². The van der Waals surface area contributed by atoms with Gasteiger partial charge in [0.1, 0.15) is 0 Å². The van der Waals surface area contributed by atoms with E-state index in [0.29, 0.717) is 13.2 Å². The first-order chi connectivity index (χ1) is 9.90. The zero-order chi connectivity index (χ0) is 15.5. The molecular formula is C16H25BrN2O2. The highest BCUT2D eigenvalue weighted by Crippen LogP contribution is 2.27. The van der Waals surface area contributed by atoms with Crippen LogP contribution in [0, 0.1) is 0 Å². The van der Waals surface area contributed by atoms with Gasteiger partial charge in [-0.05, 0) is 38.5 Å². The van der Waals surface area contributed by atoms with Gasteiger partial charge in [-0.2, -0.15) is 0 Å². The molecule has 1 heterocycles. The van der Waals surface area contributed by atoms with E-state index >= 15 is 0 Å². The predicted octanol–water partition coefficient (Wildman–Crippen LogP) is 2.53. The summed E-state index contributed by atoms with van der Waals surface area (Å²) in [4.78, 5) is 2.22. The normalized spacial score (nSPS) is 19.9. The summed E-state index contributed by atoms with van der Waals surface area (Å²) in [6.07, 6.45) is 0. The maximum atomic E-state index is 9.48. The number of hydrogen-bond acceptors (Lipinski definition) is 4. The zero-order valence-corrected chi connectivity index (χ0v) is 14.6. The lowest BCUT2D eigenvalue weighted by Gasteiger charge is -2.36. The van der Waals surface area contributed by atoms with Crippen molar-refractivity contribution in [1.82, 2.24) is 5.32 Å². The fraction of sp³-hybridized carbons (Fsp3) is 0.625. The number of nitrogens with one attached hydrogen (secondary N) is 1. The third-order valence-corrected chi connectivity index (χ3v) is 4.35. The molecular weight excluding hydrogens is 332 g/mol. The number of halogens is 1. The smallest absolute Gasteiger partial charge is 0.0755 e. The monoisotopic (exact) mass is 356 g/mol. The van der Waals surface area contributed by atoms with E-state index in [9.17, 15) is 5.11 Å². The Labute approximate surface area is 135 Å². The predicted molar refractivity (Wildman–Crippen MR) is 89.8 cm³/mol. The van der Waals surface area contributed by atoms with Gasteiger partial charge in [-0.3, -0.25) is 0 Å². The number of anilines is 1. The number of aliphatic hydroxyl groups is 1. The molecule has 118 valence electrons. The number of ether oxygens (including phenoxy) is 1. The molecule has 2 N–H and O–H groups in total. The SMILES string of the molecule is CC(C)(C)NCc1ccc(N2CCOCC2CO)cc1Br.